The number of carboxylic acids is 1. The fourth-order valence-electron chi connectivity index (χ4n) is 3.39. The minimum Gasteiger partial charge on any atom is -0.476 e. The minimum atomic E-state index is -1.03. The zero-order valence-electron chi connectivity index (χ0n) is 14.5. The molecule has 2 heterocycles. The largest absolute Gasteiger partial charge is 0.476 e. The lowest BCUT2D eigenvalue weighted by Gasteiger charge is -2.35. The number of aryl methyl sites for hydroxylation is 1. The van der Waals surface area contributed by atoms with Gasteiger partial charge in [0.25, 0.3) is 0 Å². The van der Waals surface area contributed by atoms with Crippen LogP contribution >= 0.6 is 0 Å². The number of carbonyl (C=O) groups is 1. The predicted molar refractivity (Wildman–Crippen MR) is 93.1 cm³/mol. The minimum absolute atomic E-state index is 0.0382. The van der Waals surface area contributed by atoms with Gasteiger partial charge in [0.05, 0.1) is 5.69 Å². The Bertz CT molecular complexity index is 753. The molecular formula is C18H24N4O2. The molecular weight excluding hydrogens is 304 g/mol. The van der Waals surface area contributed by atoms with E-state index in [4.69, 9.17) is 0 Å². The Kier molecular flexibility index (Phi) is 4.55. The summed E-state index contributed by atoms with van der Waals surface area (Å²) < 4.78 is 0. The number of benzene rings is 1. The van der Waals surface area contributed by atoms with E-state index in [1.54, 1.807) is 0 Å². The van der Waals surface area contributed by atoms with E-state index in [0.717, 1.165) is 42.6 Å². The van der Waals surface area contributed by atoms with Gasteiger partial charge in [0.1, 0.15) is 0 Å². The maximum absolute atomic E-state index is 11.7. The highest BCUT2D eigenvalue weighted by Gasteiger charge is 2.29. The third-order valence-electron chi connectivity index (χ3n) is 4.96. The molecule has 1 atom stereocenters. The van der Waals surface area contributed by atoms with Crippen LogP contribution in [0.2, 0.25) is 0 Å². The van der Waals surface area contributed by atoms with E-state index in [-0.39, 0.29) is 5.69 Å². The molecule has 128 valence electrons. The van der Waals surface area contributed by atoms with E-state index in [1.807, 2.05) is 32.0 Å². The molecule has 1 aromatic carbocycles. The molecule has 2 aromatic rings. The van der Waals surface area contributed by atoms with Crippen molar-refractivity contribution in [3.63, 3.8) is 0 Å². The van der Waals surface area contributed by atoms with Crippen LogP contribution in [0.15, 0.2) is 18.2 Å². The van der Waals surface area contributed by atoms with Crippen LogP contribution < -0.4 is 4.90 Å². The zero-order valence-corrected chi connectivity index (χ0v) is 14.5. The van der Waals surface area contributed by atoms with Crippen LogP contribution in [0.25, 0.3) is 5.69 Å². The van der Waals surface area contributed by atoms with Gasteiger partial charge in [-0.2, -0.15) is 0 Å². The van der Waals surface area contributed by atoms with Crippen molar-refractivity contribution in [2.75, 3.05) is 11.4 Å². The molecule has 0 spiro atoms. The van der Waals surface area contributed by atoms with Crippen LogP contribution in [0.5, 0.6) is 0 Å². The van der Waals surface area contributed by atoms with Crippen molar-refractivity contribution in [2.24, 2.45) is 0 Å². The molecule has 0 unspecified atom stereocenters. The van der Waals surface area contributed by atoms with Gasteiger partial charge in [-0.15, -0.1) is 15.0 Å². The van der Waals surface area contributed by atoms with Gasteiger partial charge in [-0.1, -0.05) is 19.1 Å². The molecule has 6 nitrogen and oxygen atoms in total. The van der Waals surface area contributed by atoms with Gasteiger partial charge in [0, 0.05) is 12.6 Å². The van der Waals surface area contributed by atoms with Gasteiger partial charge < -0.3 is 10.0 Å². The number of hydrogen-bond donors (Lipinski definition) is 1. The highest BCUT2D eigenvalue weighted by molar-refractivity contribution is 5.91. The van der Waals surface area contributed by atoms with Crippen LogP contribution in [0.4, 0.5) is 5.82 Å². The molecule has 6 heteroatoms. The predicted octanol–water partition coefficient (Wildman–Crippen LogP) is 3.35. The second-order valence-electron chi connectivity index (χ2n) is 6.44. The SMILES string of the molecule is CC[C@H]1CCCCN1c1nn(-c2cccc(C)c2C)nc1C(=O)O. The number of carboxylic acid groups (broad SMARTS) is 1. The maximum atomic E-state index is 11.7. The maximum Gasteiger partial charge on any atom is 0.360 e. The van der Waals surface area contributed by atoms with Crippen molar-refractivity contribution in [2.45, 2.75) is 52.5 Å². The second-order valence-corrected chi connectivity index (χ2v) is 6.44. The summed E-state index contributed by atoms with van der Waals surface area (Å²) in [6, 6.07) is 6.22. The molecule has 24 heavy (non-hydrogen) atoms. The third kappa shape index (κ3) is 2.88. The molecule has 0 radical (unpaired) electrons. The summed E-state index contributed by atoms with van der Waals surface area (Å²) in [5.74, 6) is -0.531. The van der Waals surface area contributed by atoms with Crippen molar-refractivity contribution in [3.8, 4) is 5.69 Å². The Morgan fingerprint density at radius 2 is 2.08 bits per heavy atom. The number of aromatic nitrogens is 3. The van der Waals surface area contributed by atoms with Crippen LogP contribution in [-0.4, -0.2) is 38.7 Å². The number of hydrogen-bond acceptors (Lipinski definition) is 4. The zero-order chi connectivity index (χ0) is 17.3. The van der Waals surface area contributed by atoms with Crippen LogP contribution in [-0.2, 0) is 0 Å². The van der Waals surface area contributed by atoms with Gasteiger partial charge in [-0.3, -0.25) is 0 Å². The van der Waals surface area contributed by atoms with Crippen LogP contribution in [0.3, 0.4) is 0 Å². The number of rotatable bonds is 4. The molecule has 0 saturated carbocycles. The van der Waals surface area contributed by atoms with Gasteiger partial charge in [-0.25, -0.2) is 4.79 Å². The van der Waals surface area contributed by atoms with E-state index in [0.29, 0.717) is 11.9 Å². The molecule has 3 rings (SSSR count). The average Bonchev–Trinajstić information content (AvgIpc) is 3.02. The first-order valence-electron chi connectivity index (χ1n) is 8.56. The highest BCUT2D eigenvalue weighted by atomic mass is 16.4. The quantitative estimate of drug-likeness (QED) is 0.932. The van der Waals surface area contributed by atoms with E-state index in [9.17, 15) is 9.90 Å². The summed E-state index contributed by atoms with van der Waals surface area (Å²) in [6.45, 7) is 7.01. The summed E-state index contributed by atoms with van der Waals surface area (Å²) in [5.41, 5.74) is 3.05. The fourth-order valence-corrected chi connectivity index (χ4v) is 3.39. The number of nitrogens with zero attached hydrogens (tertiary/aromatic N) is 4. The monoisotopic (exact) mass is 328 g/mol. The molecule has 1 N–H and O–H groups in total. The van der Waals surface area contributed by atoms with Crippen molar-refractivity contribution in [1.29, 1.82) is 0 Å². The van der Waals surface area contributed by atoms with Crippen molar-refractivity contribution >= 4 is 11.8 Å². The summed E-state index contributed by atoms with van der Waals surface area (Å²) in [7, 11) is 0. The lowest BCUT2D eigenvalue weighted by molar-refractivity contribution is 0.0690. The Hall–Kier alpha value is -2.37. The van der Waals surface area contributed by atoms with Crippen molar-refractivity contribution in [3.05, 3.63) is 35.0 Å². The molecule has 1 fully saturated rings. The van der Waals surface area contributed by atoms with Gasteiger partial charge >= 0.3 is 5.97 Å². The normalized spacial score (nSPS) is 18.0. The summed E-state index contributed by atoms with van der Waals surface area (Å²) in [6.07, 6.45) is 4.30. The Labute approximate surface area is 142 Å². The van der Waals surface area contributed by atoms with E-state index < -0.39 is 5.97 Å². The van der Waals surface area contributed by atoms with Crippen molar-refractivity contribution in [1.82, 2.24) is 15.0 Å². The fraction of sp³-hybridized carbons (Fsp3) is 0.500. The number of piperidine rings is 1. The van der Waals surface area contributed by atoms with Gasteiger partial charge in [0.2, 0.25) is 5.69 Å². The average molecular weight is 328 g/mol. The Balaban J connectivity index is 2.08. The topological polar surface area (TPSA) is 71.2 Å². The van der Waals surface area contributed by atoms with E-state index in [1.165, 1.54) is 11.2 Å². The number of anilines is 1. The molecule has 0 amide bonds. The van der Waals surface area contributed by atoms with Crippen LogP contribution in [0.1, 0.15) is 54.2 Å². The first-order chi connectivity index (χ1) is 11.5. The Morgan fingerprint density at radius 1 is 1.29 bits per heavy atom. The standard InChI is InChI=1S/C18H24N4O2/c1-4-14-9-5-6-11-21(14)17-16(18(23)24)19-22(20-17)15-10-7-8-12(2)13(15)3/h7-8,10,14H,4-6,9,11H2,1-3H3,(H,23,24)/t14-/m0/s1. The van der Waals surface area contributed by atoms with E-state index >= 15 is 0 Å². The van der Waals surface area contributed by atoms with E-state index in [2.05, 4.69) is 22.0 Å². The first-order valence-corrected chi connectivity index (χ1v) is 8.56. The lowest BCUT2D eigenvalue weighted by atomic mass is 10.00. The van der Waals surface area contributed by atoms with Gasteiger partial charge in [0.15, 0.2) is 5.82 Å². The van der Waals surface area contributed by atoms with Crippen LogP contribution in [0, 0.1) is 13.8 Å². The molecule has 1 saturated heterocycles. The lowest BCUT2D eigenvalue weighted by Crippen LogP contribution is -2.40. The van der Waals surface area contributed by atoms with Crippen molar-refractivity contribution < 1.29 is 9.90 Å². The molecule has 0 bridgehead atoms. The summed E-state index contributed by atoms with van der Waals surface area (Å²) >= 11 is 0. The smallest absolute Gasteiger partial charge is 0.360 e. The number of aromatic carboxylic acids is 1. The third-order valence-corrected chi connectivity index (χ3v) is 4.96. The molecule has 1 aliphatic rings. The molecule has 0 aliphatic carbocycles. The highest BCUT2D eigenvalue weighted by Crippen LogP contribution is 2.28. The first kappa shape index (κ1) is 16.5. The molecule has 1 aromatic heterocycles. The summed E-state index contributed by atoms with van der Waals surface area (Å²) in [4.78, 5) is 15.3. The Morgan fingerprint density at radius 3 is 2.79 bits per heavy atom. The summed E-state index contributed by atoms with van der Waals surface area (Å²) in [5, 5.41) is 18.5. The molecule has 1 aliphatic heterocycles. The van der Waals surface area contributed by atoms with Gasteiger partial charge in [-0.05, 0) is 56.7 Å². The second kappa shape index (κ2) is 6.63.